The predicted octanol–water partition coefficient (Wildman–Crippen LogP) is 4.61. The topological polar surface area (TPSA) is 49.0 Å². The minimum atomic E-state index is -1.88. The fourth-order valence-electron chi connectivity index (χ4n) is 2.23. The summed E-state index contributed by atoms with van der Waals surface area (Å²) in [5.74, 6) is 0. The van der Waals surface area contributed by atoms with Crippen LogP contribution in [0.15, 0.2) is 30.3 Å². The van der Waals surface area contributed by atoms with Crippen molar-refractivity contribution >= 4 is 22.8 Å². The molecule has 0 saturated heterocycles. The molecule has 0 fully saturated rings. The van der Waals surface area contributed by atoms with Gasteiger partial charge in [-0.1, -0.05) is 31.5 Å². The van der Waals surface area contributed by atoms with Crippen LogP contribution in [0.5, 0.6) is 0 Å². The molecular formula is C18H37NO4Si2. The van der Waals surface area contributed by atoms with Crippen LogP contribution in [0.3, 0.4) is 0 Å². The van der Waals surface area contributed by atoms with Gasteiger partial charge in [0.15, 0.2) is 0 Å². The minimum Gasteiger partial charge on any atom is -0.398 e. The molecule has 0 aliphatic heterocycles. The van der Waals surface area contributed by atoms with E-state index in [9.17, 15) is 0 Å². The number of hydrogen-bond acceptors (Lipinski definition) is 5. The van der Waals surface area contributed by atoms with E-state index >= 15 is 0 Å². The molecule has 0 aliphatic rings. The molecule has 0 radical (unpaired) electrons. The lowest BCUT2D eigenvalue weighted by molar-refractivity contribution is 0.248. The van der Waals surface area contributed by atoms with Crippen molar-refractivity contribution in [2.24, 2.45) is 0 Å². The quantitative estimate of drug-likeness (QED) is 0.444. The average Bonchev–Trinajstić information content (AvgIpc) is 2.66. The molecule has 0 amide bonds. The van der Waals surface area contributed by atoms with Gasteiger partial charge in [0.1, 0.15) is 0 Å². The van der Waals surface area contributed by atoms with Crippen LogP contribution >= 0.6 is 0 Å². The van der Waals surface area contributed by atoms with Crippen molar-refractivity contribution < 1.29 is 17.7 Å². The van der Waals surface area contributed by atoms with Crippen molar-refractivity contribution in [1.29, 1.82) is 0 Å². The monoisotopic (exact) mass is 387 g/mol. The molecule has 0 aliphatic carbocycles. The summed E-state index contributed by atoms with van der Waals surface area (Å²) < 4.78 is 21.3. The average molecular weight is 388 g/mol. The normalized spacial score (nSPS) is 11.6. The van der Waals surface area contributed by atoms with Gasteiger partial charge in [-0.3, -0.25) is 0 Å². The van der Waals surface area contributed by atoms with E-state index in [2.05, 4.69) is 37.5 Å². The Kier molecular flexibility index (Phi) is 13.1. The third-order valence-corrected chi connectivity index (χ3v) is 10.5. The molecule has 1 aromatic carbocycles. The van der Waals surface area contributed by atoms with E-state index in [1.54, 1.807) is 28.4 Å². The van der Waals surface area contributed by atoms with Gasteiger partial charge in [0, 0.05) is 40.7 Å². The summed E-state index contributed by atoms with van der Waals surface area (Å²) in [6.07, 6.45) is 2.21. The van der Waals surface area contributed by atoms with E-state index in [0.717, 1.165) is 31.5 Å². The van der Waals surface area contributed by atoms with Crippen LogP contribution in [0.4, 0.5) is 5.69 Å². The Balaban J connectivity index is 0.000000547. The smallest absolute Gasteiger partial charge is 0.334 e. The zero-order valence-corrected chi connectivity index (χ0v) is 19.1. The van der Waals surface area contributed by atoms with Crippen molar-refractivity contribution in [3.05, 3.63) is 30.3 Å². The van der Waals surface area contributed by atoms with Crippen molar-refractivity contribution in [3.8, 4) is 0 Å². The van der Waals surface area contributed by atoms with Crippen LogP contribution in [-0.2, 0) is 17.7 Å². The van der Waals surface area contributed by atoms with Crippen molar-refractivity contribution in [2.45, 2.75) is 44.9 Å². The standard InChI is InChI=1S/C12H21NO2Si.C6H16O2Si/c1-14-16(3,15-2)11-7-10-13-12-8-5-4-6-9-12;1-5-6-9(4,7-2)8-3/h4-6,8-9,13H,7,10-11H2,1-3H3;5-6H2,1-4H3. The number of nitrogens with one attached hydrogen (secondary N) is 1. The third-order valence-electron chi connectivity index (χ3n) is 4.34. The highest BCUT2D eigenvalue weighted by Crippen LogP contribution is 2.14. The molecule has 0 heterocycles. The van der Waals surface area contributed by atoms with Crippen molar-refractivity contribution in [1.82, 2.24) is 0 Å². The lowest BCUT2D eigenvalue weighted by Gasteiger charge is -2.22. The fraction of sp³-hybridized carbons (Fsp3) is 0.667. The lowest BCUT2D eigenvalue weighted by atomic mass is 10.3. The van der Waals surface area contributed by atoms with Gasteiger partial charge in [-0.2, -0.15) is 0 Å². The zero-order valence-electron chi connectivity index (χ0n) is 17.1. The van der Waals surface area contributed by atoms with Crippen LogP contribution in [0.1, 0.15) is 19.8 Å². The maximum Gasteiger partial charge on any atom is 0.334 e. The molecular weight excluding hydrogens is 350 g/mol. The Hall–Kier alpha value is -0.706. The largest absolute Gasteiger partial charge is 0.398 e. The molecule has 1 rings (SSSR count). The number of benzene rings is 1. The second-order valence-electron chi connectivity index (χ2n) is 6.23. The van der Waals surface area contributed by atoms with Crippen molar-refractivity contribution in [2.75, 3.05) is 40.3 Å². The van der Waals surface area contributed by atoms with Gasteiger partial charge >= 0.3 is 17.1 Å². The Morgan fingerprint density at radius 2 is 1.28 bits per heavy atom. The van der Waals surface area contributed by atoms with Gasteiger partial charge in [0.25, 0.3) is 0 Å². The van der Waals surface area contributed by atoms with Crippen LogP contribution < -0.4 is 5.32 Å². The lowest BCUT2D eigenvalue weighted by Crippen LogP contribution is -2.36. The van der Waals surface area contributed by atoms with Gasteiger partial charge in [-0.05, 0) is 43.7 Å². The molecule has 25 heavy (non-hydrogen) atoms. The third kappa shape index (κ3) is 10.8. The molecule has 5 nitrogen and oxygen atoms in total. The minimum absolute atomic E-state index is 0.958. The van der Waals surface area contributed by atoms with Crippen LogP contribution in [-0.4, -0.2) is 52.1 Å². The van der Waals surface area contributed by atoms with Gasteiger partial charge in [-0.25, -0.2) is 0 Å². The van der Waals surface area contributed by atoms with Crippen molar-refractivity contribution in [3.63, 3.8) is 0 Å². The highest BCUT2D eigenvalue weighted by molar-refractivity contribution is 6.66. The maximum atomic E-state index is 5.43. The van der Waals surface area contributed by atoms with E-state index < -0.39 is 17.1 Å². The van der Waals surface area contributed by atoms with E-state index in [1.807, 2.05) is 18.2 Å². The van der Waals surface area contributed by atoms with Crippen LogP contribution in [0.25, 0.3) is 0 Å². The Labute approximate surface area is 156 Å². The Morgan fingerprint density at radius 3 is 1.68 bits per heavy atom. The first-order valence-electron chi connectivity index (χ1n) is 8.88. The molecule has 1 N–H and O–H groups in total. The second kappa shape index (κ2) is 13.5. The molecule has 0 aromatic heterocycles. The van der Waals surface area contributed by atoms with E-state index in [0.29, 0.717) is 0 Å². The SMILES string of the molecule is CCC[Si](C)(OC)OC.CO[Si](C)(CCCNc1ccccc1)OC. The molecule has 1 aromatic rings. The number of hydrogen-bond donors (Lipinski definition) is 1. The summed E-state index contributed by atoms with van der Waals surface area (Å²) in [7, 11) is 3.36. The summed E-state index contributed by atoms with van der Waals surface area (Å²) >= 11 is 0. The Bertz CT molecular complexity index is 426. The van der Waals surface area contributed by atoms with E-state index in [1.165, 1.54) is 5.69 Å². The summed E-state index contributed by atoms with van der Waals surface area (Å²) in [5, 5.41) is 3.38. The number of anilines is 1. The zero-order chi connectivity index (χ0) is 19.2. The van der Waals surface area contributed by atoms with E-state index in [-0.39, 0.29) is 0 Å². The van der Waals surface area contributed by atoms with Gasteiger partial charge in [0.05, 0.1) is 0 Å². The summed E-state index contributed by atoms with van der Waals surface area (Å²) in [5.41, 5.74) is 1.17. The van der Waals surface area contributed by atoms with Gasteiger partial charge in [-0.15, -0.1) is 0 Å². The molecule has 0 spiro atoms. The summed E-state index contributed by atoms with van der Waals surface area (Å²) in [4.78, 5) is 0. The first-order chi connectivity index (χ1) is 11.9. The maximum absolute atomic E-state index is 5.43. The molecule has 0 bridgehead atoms. The second-order valence-corrected chi connectivity index (χ2v) is 13.4. The van der Waals surface area contributed by atoms with Gasteiger partial charge < -0.3 is 23.0 Å². The molecule has 7 heteroatoms. The molecule has 146 valence electrons. The van der Waals surface area contributed by atoms with E-state index in [4.69, 9.17) is 17.7 Å². The summed E-state index contributed by atoms with van der Waals surface area (Å²) in [6.45, 7) is 7.27. The highest BCUT2D eigenvalue weighted by atomic mass is 28.4. The van der Waals surface area contributed by atoms with Gasteiger partial charge in [0.2, 0.25) is 0 Å². The fourth-order valence-corrected chi connectivity index (χ4v) is 5.10. The first-order valence-corrected chi connectivity index (χ1v) is 13.9. The molecule has 0 saturated carbocycles. The molecule has 0 atom stereocenters. The highest BCUT2D eigenvalue weighted by Gasteiger charge is 2.27. The van der Waals surface area contributed by atoms with Crippen LogP contribution in [0.2, 0.25) is 25.2 Å². The number of rotatable bonds is 11. The first kappa shape index (κ1) is 24.3. The predicted molar refractivity (Wildman–Crippen MR) is 111 cm³/mol. The molecule has 0 unspecified atom stereocenters. The number of para-hydroxylation sites is 1. The van der Waals surface area contributed by atoms with Crippen LogP contribution in [0, 0.1) is 0 Å². The summed E-state index contributed by atoms with van der Waals surface area (Å²) in [6, 6.07) is 12.3. The Morgan fingerprint density at radius 1 is 0.800 bits per heavy atom.